The molecule has 0 bridgehead atoms. The van der Waals surface area contributed by atoms with Crippen LogP contribution in [0.2, 0.25) is 0 Å². The standard InChI is InChI=1S/C24H34O2.Na/c1-2-3-4-5-6-7-8-9-10-12-17-22-18-15-16-21-24(22)26-25-23-19-13-11-14-20-23;/h11,13-16,18-21H,2-10,12,17H2,1H3;. The second-order valence-electron chi connectivity index (χ2n) is 7.02. The molecule has 0 aliphatic carbocycles. The summed E-state index contributed by atoms with van der Waals surface area (Å²) in [6, 6.07) is 17.8. The van der Waals surface area contributed by atoms with Crippen LogP contribution in [-0.2, 0) is 6.42 Å². The number of benzene rings is 2. The molecule has 2 rings (SSSR count). The molecule has 0 fully saturated rings. The van der Waals surface area contributed by atoms with Crippen molar-refractivity contribution in [3.63, 3.8) is 0 Å². The van der Waals surface area contributed by atoms with Gasteiger partial charge in [0.15, 0.2) is 11.5 Å². The van der Waals surface area contributed by atoms with E-state index in [4.69, 9.17) is 9.78 Å². The van der Waals surface area contributed by atoms with Gasteiger partial charge in [0.2, 0.25) is 0 Å². The molecule has 0 heterocycles. The van der Waals surface area contributed by atoms with Crippen molar-refractivity contribution in [1.82, 2.24) is 0 Å². The van der Waals surface area contributed by atoms with E-state index in [-0.39, 0.29) is 29.6 Å². The molecule has 0 aliphatic heterocycles. The van der Waals surface area contributed by atoms with Crippen LogP contribution in [0, 0.1) is 0 Å². The molecule has 2 aromatic rings. The van der Waals surface area contributed by atoms with Crippen molar-refractivity contribution in [2.75, 3.05) is 0 Å². The van der Waals surface area contributed by atoms with Crippen molar-refractivity contribution < 1.29 is 9.78 Å². The molecule has 0 atom stereocenters. The summed E-state index contributed by atoms with van der Waals surface area (Å²) in [5.41, 5.74) is 1.22. The van der Waals surface area contributed by atoms with Gasteiger partial charge in [-0.2, -0.15) is 0 Å². The molecular weight excluding hydrogens is 343 g/mol. The van der Waals surface area contributed by atoms with Gasteiger partial charge in [0.05, 0.1) is 0 Å². The fourth-order valence-corrected chi connectivity index (χ4v) is 3.16. The molecule has 2 aromatic carbocycles. The van der Waals surface area contributed by atoms with Gasteiger partial charge in [0.25, 0.3) is 0 Å². The number of para-hydroxylation sites is 2. The fraction of sp³-hybridized carbons (Fsp3) is 0.500. The van der Waals surface area contributed by atoms with Gasteiger partial charge < -0.3 is 0 Å². The maximum atomic E-state index is 5.57. The Morgan fingerprint density at radius 3 is 1.81 bits per heavy atom. The summed E-state index contributed by atoms with van der Waals surface area (Å²) >= 11 is 0. The largest absolute Gasteiger partial charge is 0.290 e. The third-order valence-corrected chi connectivity index (χ3v) is 4.74. The van der Waals surface area contributed by atoms with Crippen LogP contribution in [-0.4, -0.2) is 29.6 Å². The minimum absolute atomic E-state index is 0. The second-order valence-corrected chi connectivity index (χ2v) is 7.02. The van der Waals surface area contributed by atoms with E-state index in [9.17, 15) is 0 Å². The van der Waals surface area contributed by atoms with Crippen LogP contribution in [0.3, 0.4) is 0 Å². The molecule has 0 saturated heterocycles. The average molecular weight is 378 g/mol. The normalized spacial score (nSPS) is 10.3. The van der Waals surface area contributed by atoms with E-state index < -0.39 is 0 Å². The smallest absolute Gasteiger partial charge is 0.181 e. The molecule has 0 amide bonds. The first-order valence-electron chi connectivity index (χ1n) is 10.4. The molecule has 0 spiro atoms. The van der Waals surface area contributed by atoms with Crippen LogP contribution < -0.4 is 9.78 Å². The van der Waals surface area contributed by atoms with Crippen LogP contribution in [0.15, 0.2) is 54.6 Å². The number of hydrogen-bond acceptors (Lipinski definition) is 2. The molecule has 143 valence electrons. The Labute approximate surface area is 187 Å². The van der Waals surface area contributed by atoms with Crippen molar-refractivity contribution in [3.8, 4) is 11.5 Å². The SMILES string of the molecule is CCCCCCCCCCCCc1ccccc1OOc1ccccc1.[Na]. The van der Waals surface area contributed by atoms with Crippen LogP contribution in [0.1, 0.15) is 76.7 Å². The first-order chi connectivity index (χ1) is 12.9. The summed E-state index contributed by atoms with van der Waals surface area (Å²) < 4.78 is 0. The van der Waals surface area contributed by atoms with E-state index in [0.29, 0.717) is 0 Å². The van der Waals surface area contributed by atoms with Gasteiger partial charge in [0, 0.05) is 29.6 Å². The summed E-state index contributed by atoms with van der Waals surface area (Å²) in [5, 5.41) is 0. The van der Waals surface area contributed by atoms with Gasteiger partial charge in [-0.1, -0.05) is 101 Å². The minimum Gasteiger partial charge on any atom is -0.290 e. The van der Waals surface area contributed by atoms with Crippen molar-refractivity contribution >= 4 is 29.6 Å². The fourth-order valence-electron chi connectivity index (χ4n) is 3.16. The van der Waals surface area contributed by atoms with Gasteiger partial charge in [-0.3, -0.25) is 9.78 Å². The maximum Gasteiger partial charge on any atom is 0.181 e. The Bertz CT molecular complexity index is 586. The van der Waals surface area contributed by atoms with E-state index in [1.54, 1.807) is 0 Å². The summed E-state index contributed by atoms with van der Waals surface area (Å²) in [4.78, 5) is 11.0. The van der Waals surface area contributed by atoms with E-state index >= 15 is 0 Å². The summed E-state index contributed by atoms with van der Waals surface area (Å²) in [6.45, 7) is 2.27. The third-order valence-electron chi connectivity index (χ3n) is 4.74. The molecule has 0 aliphatic rings. The van der Waals surface area contributed by atoms with Crippen LogP contribution in [0.25, 0.3) is 0 Å². The molecule has 27 heavy (non-hydrogen) atoms. The van der Waals surface area contributed by atoms with Crippen molar-refractivity contribution in [3.05, 3.63) is 60.2 Å². The predicted octanol–water partition coefficient (Wildman–Crippen LogP) is 7.14. The monoisotopic (exact) mass is 377 g/mol. The summed E-state index contributed by atoms with van der Waals surface area (Å²) in [7, 11) is 0. The molecule has 0 unspecified atom stereocenters. The van der Waals surface area contributed by atoms with Crippen molar-refractivity contribution in [2.45, 2.75) is 77.6 Å². The molecule has 2 nitrogen and oxygen atoms in total. The topological polar surface area (TPSA) is 18.5 Å². The van der Waals surface area contributed by atoms with Gasteiger partial charge in [-0.15, -0.1) is 0 Å². The van der Waals surface area contributed by atoms with Gasteiger partial charge >= 0.3 is 0 Å². The zero-order valence-electron chi connectivity index (χ0n) is 17.3. The number of unbranched alkanes of at least 4 members (excludes halogenated alkanes) is 9. The zero-order chi connectivity index (χ0) is 18.3. The van der Waals surface area contributed by atoms with E-state index in [1.165, 1.54) is 69.8 Å². The van der Waals surface area contributed by atoms with Crippen LogP contribution in [0.4, 0.5) is 0 Å². The van der Waals surface area contributed by atoms with Gasteiger partial charge in [0.1, 0.15) is 0 Å². The molecular formula is C24H34NaO2. The average Bonchev–Trinajstić information content (AvgIpc) is 2.69. The first-order valence-corrected chi connectivity index (χ1v) is 10.4. The molecule has 0 aromatic heterocycles. The van der Waals surface area contributed by atoms with Crippen molar-refractivity contribution in [2.24, 2.45) is 0 Å². The van der Waals surface area contributed by atoms with Gasteiger partial charge in [-0.25, -0.2) is 0 Å². The summed E-state index contributed by atoms with van der Waals surface area (Å²) in [6.07, 6.45) is 14.6. The first kappa shape index (κ1) is 24.1. The number of aryl methyl sites for hydroxylation is 1. The molecule has 0 N–H and O–H groups in total. The Morgan fingerprint density at radius 2 is 1.15 bits per heavy atom. The Morgan fingerprint density at radius 1 is 0.593 bits per heavy atom. The zero-order valence-corrected chi connectivity index (χ0v) is 19.3. The second kappa shape index (κ2) is 16.0. The van der Waals surface area contributed by atoms with E-state index in [1.807, 2.05) is 42.5 Å². The predicted molar refractivity (Wildman–Crippen MR) is 115 cm³/mol. The van der Waals surface area contributed by atoms with Crippen LogP contribution in [0.5, 0.6) is 11.5 Å². The maximum absolute atomic E-state index is 5.57. The third kappa shape index (κ3) is 10.8. The van der Waals surface area contributed by atoms with Crippen LogP contribution >= 0.6 is 0 Å². The quantitative estimate of drug-likeness (QED) is 0.151. The Balaban J connectivity index is 0.00000364. The van der Waals surface area contributed by atoms with Gasteiger partial charge in [-0.05, 0) is 36.6 Å². The van der Waals surface area contributed by atoms with Crippen molar-refractivity contribution in [1.29, 1.82) is 0 Å². The molecule has 1 radical (unpaired) electrons. The number of hydrogen-bond donors (Lipinski definition) is 0. The number of rotatable bonds is 14. The van der Waals surface area contributed by atoms with E-state index in [2.05, 4.69) is 19.1 Å². The summed E-state index contributed by atoms with van der Waals surface area (Å²) in [5.74, 6) is 1.55. The molecule has 0 saturated carbocycles. The Hall–Kier alpha value is -0.960. The Kier molecular flexibility index (Phi) is 14.3. The van der Waals surface area contributed by atoms with E-state index in [0.717, 1.165) is 17.9 Å². The molecule has 3 heteroatoms. The minimum atomic E-state index is 0.